The molecular formula is C11H13ClN2O. The van der Waals surface area contributed by atoms with Crippen molar-refractivity contribution in [3.05, 3.63) is 22.7 Å². The van der Waals surface area contributed by atoms with Gasteiger partial charge in [0.15, 0.2) is 0 Å². The molecule has 15 heavy (non-hydrogen) atoms. The van der Waals surface area contributed by atoms with Gasteiger partial charge in [-0.25, -0.2) is 0 Å². The van der Waals surface area contributed by atoms with Gasteiger partial charge in [-0.15, -0.1) is 0 Å². The molecule has 1 aromatic carbocycles. The van der Waals surface area contributed by atoms with Crippen molar-refractivity contribution < 1.29 is 4.79 Å². The Morgan fingerprint density at radius 3 is 2.87 bits per heavy atom. The average Bonchev–Trinajstić information content (AvgIpc) is 2.44. The largest absolute Gasteiger partial charge is 0.382 e. The molecule has 1 aromatic rings. The van der Waals surface area contributed by atoms with Crippen molar-refractivity contribution in [2.24, 2.45) is 0 Å². The molecule has 0 saturated heterocycles. The number of anilines is 2. The van der Waals surface area contributed by atoms with Crippen LogP contribution in [0.25, 0.3) is 0 Å². The number of hydrogen-bond donors (Lipinski definition) is 2. The van der Waals surface area contributed by atoms with Gasteiger partial charge in [0.25, 0.3) is 0 Å². The zero-order valence-corrected chi connectivity index (χ0v) is 9.48. The highest BCUT2D eigenvalue weighted by atomic mass is 35.5. The number of halogens is 1. The van der Waals surface area contributed by atoms with Gasteiger partial charge in [-0.3, -0.25) is 4.79 Å². The van der Waals surface area contributed by atoms with E-state index < -0.39 is 0 Å². The fraction of sp³-hybridized carbons (Fsp3) is 0.364. The van der Waals surface area contributed by atoms with Gasteiger partial charge in [0, 0.05) is 11.7 Å². The molecule has 0 unspecified atom stereocenters. The number of fused-ring (bicyclic) bond motifs is 1. The Morgan fingerprint density at radius 1 is 1.47 bits per heavy atom. The number of rotatable bonds is 2. The van der Waals surface area contributed by atoms with Gasteiger partial charge in [-0.1, -0.05) is 11.6 Å². The summed E-state index contributed by atoms with van der Waals surface area (Å²) in [5.41, 5.74) is 2.73. The summed E-state index contributed by atoms with van der Waals surface area (Å²) in [4.78, 5) is 11.2. The summed E-state index contributed by atoms with van der Waals surface area (Å²) in [5, 5.41) is 6.66. The van der Waals surface area contributed by atoms with Crippen molar-refractivity contribution in [2.75, 3.05) is 10.6 Å². The first-order chi connectivity index (χ1) is 7.06. The van der Waals surface area contributed by atoms with E-state index in [0.717, 1.165) is 16.9 Å². The summed E-state index contributed by atoms with van der Waals surface area (Å²) >= 11 is 6.09. The monoisotopic (exact) mass is 224 g/mol. The molecule has 4 heteroatoms. The van der Waals surface area contributed by atoms with Crippen LogP contribution in [0, 0.1) is 0 Å². The third kappa shape index (κ3) is 2.07. The first-order valence-corrected chi connectivity index (χ1v) is 5.33. The highest BCUT2D eigenvalue weighted by Gasteiger charge is 2.19. The van der Waals surface area contributed by atoms with E-state index in [1.807, 2.05) is 19.9 Å². The third-order valence-electron chi connectivity index (χ3n) is 2.26. The number of benzene rings is 1. The van der Waals surface area contributed by atoms with Gasteiger partial charge in [0.1, 0.15) is 0 Å². The van der Waals surface area contributed by atoms with E-state index in [4.69, 9.17) is 11.6 Å². The van der Waals surface area contributed by atoms with Crippen molar-refractivity contribution in [2.45, 2.75) is 26.3 Å². The molecule has 1 amide bonds. The lowest BCUT2D eigenvalue weighted by atomic mass is 10.1. The second-order valence-electron chi connectivity index (χ2n) is 4.01. The van der Waals surface area contributed by atoms with Gasteiger partial charge in [0.2, 0.25) is 5.91 Å². The molecule has 1 aliphatic rings. The van der Waals surface area contributed by atoms with Crippen molar-refractivity contribution in [1.29, 1.82) is 0 Å². The summed E-state index contributed by atoms with van der Waals surface area (Å²) in [6.07, 6.45) is 0.444. The van der Waals surface area contributed by atoms with Crippen LogP contribution in [-0.4, -0.2) is 11.9 Å². The Hall–Kier alpha value is -1.22. The number of carbonyl (C=O) groups excluding carboxylic acids is 1. The highest BCUT2D eigenvalue weighted by Crippen LogP contribution is 2.32. The Balaban J connectivity index is 2.35. The molecule has 0 aliphatic carbocycles. The summed E-state index contributed by atoms with van der Waals surface area (Å²) in [6.45, 7) is 4.10. The van der Waals surface area contributed by atoms with Crippen LogP contribution in [0.2, 0.25) is 5.02 Å². The van der Waals surface area contributed by atoms with Crippen molar-refractivity contribution in [3.63, 3.8) is 0 Å². The van der Waals surface area contributed by atoms with E-state index in [2.05, 4.69) is 10.6 Å². The van der Waals surface area contributed by atoms with E-state index in [1.54, 1.807) is 6.07 Å². The lowest BCUT2D eigenvalue weighted by Crippen LogP contribution is -2.10. The van der Waals surface area contributed by atoms with Crippen LogP contribution < -0.4 is 10.6 Å². The SMILES string of the molecule is CC(C)Nc1cc2c(cc1Cl)NC(=O)C2. The van der Waals surface area contributed by atoms with Crippen LogP contribution in [0.15, 0.2) is 12.1 Å². The Bertz CT molecular complexity index is 415. The molecule has 80 valence electrons. The van der Waals surface area contributed by atoms with Crippen LogP contribution in [0.5, 0.6) is 0 Å². The second kappa shape index (κ2) is 3.74. The molecule has 1 aliphatic heterocycles. The minimum atomic E-state index is 0.0303. The van der Waals surface area contributed by atoms with E-state index >= 15 is 0 Å². The molecule has 0 fully saturated rings. The van der Waals surface area contributed by atoms with Crippen LogP contribution >= 0.6 is 11.6 Å². The fourth-order valence-corrected chi connectivity index (χ4v) is 1.89. The maximum atomic E-state index is 11.2. The molecule has 2 rings (SSSR count). The van der Waals surface area contributed by atoms with Crippen LogP contribution in [-0.2, 0) is 11.2 Å². The normalized spacial score (nSPS) is 14.0. The van der Waals surface area contributed by atoms with E-state index in [-0.39, 0.29) is 5.91 Å². The molecular weight excluding hydrogens is 212 g/mol. The highest BCUT2D eigenvalue weighted by molar-refractivity contribution is 6.33. The van der Waals surface area contributed by atoms with E-state index in [9.17, 15) is 4.79 Å². The molecule has 0 aromatic heterocycles. The zero-order chi connectivity index (χ0) is 11.0. The van der Waals surface area contributed by atoms with Gasteiger partial charge in [-0.05, 0) is 31.5 Å². The average molecular weight is 225 g/mol. The van der Waals surface area contributed by atoms with Crippen molar-refractivity contribution in [3.8, 4) is 0 Å². The quantitative estimate of drug-likeness (QED) is 0.811. The maximum absolute atomic E-state index is 11.2. The summed E-state index contributed by atoms with van der Waals surface area (Å²) < 4.78 is 0. The predicted octanol–water partition coefficient (Wildman–Crippen LogP) is 2.65. The Labute approximate surface area is 93.8 Å². The van der Waals surface area contributed by atoms with Crippen LogP contribution in [0.1, 0.15) is 19.4 Å². The molecule has 2 N–H and O–H groups in total. The minimum Gasteiger partial charge on any atom is -0.382 e. The summed E-state index contributed by atoms with van der Waals surface area (Å²) in [7, 11) is 0. The molecule has 0 radical (unpaired) electrons. The van der Waals surface area contributed by atoms with Crippen molar-refractivity contribution >= 4 is 28.9 Å². The number of carbonyl (C=O) groups is 1. The second-order valence-corrected chi connectivity index (χ2v) is 4.42. The minimum absolute atomic E-state index is 0.0303. The van der Waals surface area contributed by atoms with Gasteiger partial charge >= 0.3 is 0 Å². The van der Waals surface area contributed by atoms with Crippen molar-refractivity contribution in [1.82, 2.24) is 0 Å². The standard InChI is InChI=1S/C11H13ClN2O/c1-6(2)13-10-3-7-4-11(15)14-9(7)5-8(10)12/h3,5-6,13H,4H2,1-2H3,(H,14,15). The lowest BCUT2D eigenvalue weighted by Gasteiger charge is -2.13. The van der Waals surface area contributed by atoms with Crippen LogP contribution in [0.4, 0.5) is 11.4 Å². The number of nitrogens with one attached hydrogen (secondary N) is 2. The van der Waals surface area contributed by atoms with E-state index in [0.29, 0.717) is 17.5 Å². The maximum Gasteiger partial charge on any atom is 0.228 e. The van der Waals surface area contributed by atoms with Gasteiger partial charge < -0.3 is 10.6 Å². The number of amides is 1. The molecule has 0 saturated carbocycles. The first-order valence-electron chi connectivity index (χ1n) is 4.95. The Morgan fingerprint density at radius 2 is 2.20 bits per heavy atom. The molecule has 0 spiro atoms. The molecule has 1 heterocycles. The smallest absolute Gasteiger partial charge is 0.228 e. The molecule has 0 bridgehead atoms. The Kier molecular flexibility index (Phi) is 2.57. The third-order valence-corrected chi connectivity index (χ3v) is 2.57. The summed E-state index contributed by atoms with van der Waals surface area (Å²) in [5.74, 6) is 0.0303. The van der Waals surface area contributed by atoms with Gasteiger partial charge in [0.05, 0.1) is 17.1 Å². The lowest BCUT2D eigenvalue weighted by molar-refractivity contribution is -0.115. The molecule has 3 nitrogen and oxygen atoms in total. The zero-order valence-electron chi connectivity index (χ0n) is 8.73. The van der Waals surface area contributed by atoms with Gasteiger partial charge in [-0.2, -0.15) is 0 Å². The molecule has 0 atom stereocenters. The fourth-order valence-electron chi connectivity index (χ4n) is 1.67. The van der Waals surface area contributed by atoms with E-state index in [1.165, 1.54) is 0 Å². The topological polar surface area (TPSA) is 41.1 Å². The van der Waals surface area contributed by atoms with Crippen LogP contribution in [0.3, 0.4) is 0 Å². The predicted molar refractivity (Wildman–Crippen MR) is 62.5 cm³/mol. The first kappa shape index (κ1) is 10.3. The number of hydrogen-bond acceptors (Lipinski definition) is 2. The summed E-state index contributed by atoms with van der Waals surface area (Å²) in [6, 6.07) is 4.06.